The molecule has 6 nitrogen and oxygen atoms in total. The zero-order valence-electron chi connectivity index (χ0n) is 15.1. The van der Waals surface area contributed by atoms with Crippen LogP contribution in [0.3, 0.4) is 0 Å². The molecule has 1 aromatic heterocycles. The minimum Gasteiger partial charge on any atom is -0.466 e. The van der Waals surface area contributed by atoms with Crippen LogP contribution in [0.15, 0.2) is 10.5 Å². The molecule has 0 radical (unpaired) electrons. The third kappa shape index (κ3) is 3.28. The Hall–Kier alpha value is -1.98. The second-order valence-electron chi connectivity index (χ2n) is 7.94. The van der Waals surface area contributed by atoms with E-state index in [1.165, 1.54) is 0 Å². The van der Waals surface area contributed by atoms with Gasteiger partial charge in [0.25, 0.3) is 5.91 Å². The molecule has 2 fully saturated rings. The average molecular weight is 334 g/mol. The van der Waals surface area contributed by atoms with Crippen molar-refractivity contribution in [2.45, 2.75) is 40.2 Å². The maximum atomic E-state index is 12.7. The number of hydrogen-bond donors (Lipinski definition) is 0. The standard InChI is InChI=1S/C18H26N2O4/c1-11-6-15(12(2)23-11)16(21)19-7-13-9-20(10-14(13)8-19)17(22)24-18(3,4)5/h6,13-14H,7-10H2,1-5H3/t13-,14+. The van der Waals surface area contributed by atoms with E-state index in [9.17, 15) is 9.59 Å². The van der Waals surface area contributed by atoms with E-state index in [0.717, 1.165) is 5.76 Å². The molecule has 0 aromatic carbocycles. The van der Waals surface area contributed by atoms with Crippen molar-refractivity contribution in [1.29, 1.82) is 0 Å². The summed E-state index contributed by atoms with van der Waals surface area (Å²) in [5.74, 6) is 2.11. The Morgan fingerprint density at radius 1 is 1.08 bits per heavy atom. The number of nitrogens with zero attached hydrogens (tertiary/aromatic N) is 2. The van der Waals surface area contributed by atoms with Gasteiger partial charge in [0.2, 0.25) is 0 Å². The molecule has 0 bridgehead atoms. The third-order valence-corrected chi connectivity index (χ3v) is 4.70. The first-order chi connectivity index (χ1) is 11.1. The summed E-state index contributed by atoms with van der Waals surface area (Å²) in [5.41, 5.74) is 0.171. The minimum atomic E-state index is -0.479. The van der Waals surface area contributed by atoms with Crippen molar-refractivity contribution < 1.29 is 18.7 Å². The van der Waals surface area contributed by atoms with E-state index in [-0.39, 0.29) is 12.0 Å². The Kier molecular flexibility index (Phi) is 4.10. The molecule has 2 aliphatic heterocycles. The lowest BCUT2D eigenvalue weighted by Crippen LogP contribution is -2.38. The maximum Gasteiger partial charge on any atom is 0.410 e. The van der Waals surface area contributed by atoms with Gasteiger partial charge in [-0.1, -0.05) is 0 Å². The summed E-state index contributed by atoms with van der Waals surface area (Å²) in [4.78, 5) is 28.5. The second kappa shape index (κ2) is 5.83. The van der Waals surface area contributed by atoms with Gasteiger partial charge in [0, 0.05) is 38.0 Å². The molecule has 2 saturated heterocycles. The van der Waals surface area contributed by atoms with Crippen molar-refractivity contribution in [2.24, 2.45) is 11.8 Å². The largest absolute Gasteiger partial charge is 0.466 e. The molecule has 2 atom stereocenters. The lowest BCUT2D eigenvalue weighted by Gasteiger charge is -2.26. The Morgan fingerprint density at radius 2 is 1.62 bits per heavy atom. The predicted octanol–water partition coefficient (Wildman–Crippen LogP) is 2.84. The number of hydrogen-bond acceptors (Lipinski definition) is 4. The molecule has 0 spiro atoms. The van der Waals surface area contributed by atoms with E-state index in [1.807, 2.05) is 39.5 Å². The van der Waals surface area contributed by atoms with Crippen LogP contribution in [0, 0.1) is 25.7 Å². The molecule has 1 aromatic rings. The first-order valence-corrected chi connectivity index (χ1v) is 8.48. The van der Waals surface area contributed by atoms with Crippen LogP contribution in [0.4, 0.5) is 4.79 Å². The molecule has 6 heteroatoms. The van der Waals surface area contributed by atoms with Gasteiger partial charge >= 0.3 is 6.09 Å². The number of carbonyl (C=O) groups is 2. The van der Waals surface area contributed by atoms with E-state index < -0.39 is 5.60 Å². The summed E-state index contributed by atoms with van der Waals surface area (Å²) in [7, 11) is 0. The van der Waals surface area contributed by atoms with Crippen LogP contribution in [-0.4, -0.2) is 53.6 Å². The Morgan fingerprint density at radius 3 is 2.08 bits per heavy atom. The highest BCUT2D eigenvalue weighted by Crippen LogP contribution is 2.33. The number of amides is 2. The van der Waals surface area contributed by atoms with Gasteiger partial charge in [-0.2, -0.15) is 0 Å². The molecule has 24 heavy (non-hydrogen) atoms. The van der Waals surface area contributed by atoms with Crippen LogP contribution in [0.2, 0.25) is 0 Å². The van der Waals surface area contributed by atoms with Crippen molar-refractivity contribution in [3.05, 3.63) is 23.2 Å². The normalized spacial score (nSPS) is 23.5. The molecule has 2 amide bonds. The van der Waals surface area contributed by atoms with E-state index in [2.05, 4.69) is 0 Å². The number of ether oxygens (including phenoxy) is 1. The van der Waals surface area contributed by atoms with Crippen LogP contribution >= 0.6 is 0 Å². The summed E-state index contributed by atoms with van der Waals surface area (Å²) in [6, 6.07) is 1.80. The van der Waals surface area contributed by atoms with Gasteiger partial charge in [-0.05, 0) is 40.7 Å². The summed E-state index contributed by atoms with van der Waals surface area (Å²) >= 11 is 0. The fourth-order valence-electron chi connectivity index (χ4n) is 3.65. The highest BCUT2D eigenvalue weighted by molar-refractivity contribution is 5.95. The van der Waals surface area contributed by atoms with Gasteiger partial charge < -0.3 is 19.0 Å². The molecular formula is C18H26N2O4. The molecule has 2 aliphatic rings. The fourth-order valence-corrected chi connectivity index (χ4v) is 3.65. The first-order valence-electron chi connectivity index (χ1n) is 8.48. The molecule has 0 N–H and O–H groups in total. The Bertz CT molecular complexity index is 644. The SMILES string of the molecule is Cc1cc(C(=O)N2C[C@H]3CN(C(=O)OC(C)(C)C)C[C@H]3C2)c(C)o1. The van der Waals surface area contributed by atoms with Gasteiger partial charge in [0.05, 0.1) is 5.56 Å². The fraction of sp³-hybridized carbons (Fsp3) is 0.667. The molecular weight excluding hydrogens is 308 g/mol. The van der Waals surface area contributed by atoms with E-state index in [0.29, 0.717) is 49.3 Å². The number of aryl methyl sites for hydroxylation is 2. The van der Waals surface area contributed by atoms with Crippen LogP contribution in [-0.2, 0) is 4.74 Å². The average Bonchev–Trinajstić information content (AvgIpc) is 3.08. The number of fused-ring (bicyclic) bond motifs is 1. The maximum absolute atomic E-state index is 12.7. The summed E-state index contributed by atoms with van der Waals surface area (Å²) in [6.45, 7) is 12.0. The topological polar surface area (TPSA) is 63.0 Å². The first kappa shape index (κ1) is 16.9. The molecule has 3 heterocycles. The van der Waals surface area contributed by atoms with Gasteiger partial charge in [-0.15, -0.1) is 0 Å². The summed E-state index contributed by atoms with van der Waals surface area (Å²) in [5, 5.41) is 0. The number of likely N-dealkylation sites (tertiary alicyclic amines) is 2. The second-order valence-corrected chi connectivity index (χ2v) is 7.94. The molecule has 132 valence electrons. The monoisotopic (exact) mass is 334 g/mol. The highest BCUT2D eigenvalue weighted by Gasteiger charge is 2.44. The van der Waals surface area contributed by atoms with Crippen molar-refractivity contribution in [3.8, 4) is 0 Å². The molecule has 3 rings (SSSR count). The van der Waals surface area contributed by atoms with Crippen LogP contribution < -0.4 is 0 Å². The summed E-state index contributed by atoms with van der Waals surface area (Å²) < 4.78 is 10.9. The smallest absolute Gasteiger partial charge is 0.410 e. The van der Waals surface area contributed by atoms with Crippen molar-refractivity contribution in [1.82, 2.24) is 9.80 Å². The number of furan rings is 1. The lowest BCUT2D eigenvalue weighted by atomic mass is 10.0. The van der Waals surface area contributed by atoms with Gasteiger partial charge in [0.15, 0.2) is 0 Å². The number of rotatable bonds is 1. The Balaban J connectivity index is 1.60. The van der Waals surface area contributed by atoms with Crippen LogP contribution in [0.5, 0.6) is 0 Å². The van der Waals surface area contributed by atoms with E-state index in [4.69, 9.17) is 9.15 Å². The quantitative estimate of drug-likeness (QED) is 0.792. The molecule has 0 saturated carbocycles. The van der Waals surface area contributed by atoms with Crippen molar-refractivity contribution in [2.75, 3.05) is 26.2 Å². The minimum absolute atomic E-state index is 0.0302. The summed E-state index contributed by atoms with van der Waals surface area (Å²) in [6.07, 6.45) is -0.254. The van der Waals surface area contributed by atoms with Gasteiger partial charge in [0.1, 0.15) is 17.1 Å². The van der Waals surface area contributed by atoms with E-state index in [1.54, 1.807) is 11.0 Å². The van der Waals surface area contributed by atoms with E-state index >= 15 is 0 Å². The Labute approximate surface area is 142 Å². The zero-order chi connectivity index (χ0) is 17.6. The molecule has 0 aliphatic carbocycles. The number of carbonyl (C=O) groups excluding carboxylic acids is 2. The third-order valence-electron chi connectivity index (χ3n) is 4.70. The van der Waals surface area contributed by atoms with Gasteiger partial charge in [-0.25, -0.2) is 4.79 Å². The van der Waals surface area contributed by atoms with Gasteiger partial charge in [-0.3, -0.25) is 4.79 Å². The molecule has 0 unspecified atom stereocenters. The zero-order valence-corrected chi connectivity index (χ0v) is 15.1. The highest BCUT2D eigenvalue weighted by atomic mass is 16.6. The predicted molar refractivity (Wildman–Crippen MR) is 88.9 cm³/mol. The lowest BCUT2D eigenvalue weighted by molar-refractivity contribution is 0.0275. The van der Waals surface area contributed by atoms with Crippen LogP contribution in [0.25, 0.3) is 0 Å². The van der Waals surface area contributed by atoms with Crippen molar-refractivity contribution in [3.63, 3.8) is 0 Å². The van der Waals surface area contributed by atoms with Crippen LogP contribution in [0.1, 0.15) is 42.6 Å². The van der Waals surface area contributed by atoms with Crippen molar-refractivity contribution >= 4 is 12.0 Å².